The summed E-state index contributed by atoms with van der Waals surface area (Å²) in [6.45, 7) is 0.961. The molecule has 0 aliphatic carbocycles. The van der Waals surface area contributed by atoms with Crippen LogP contribution in [0, 0.1) is 11.6 Å². The van der Waals surface area contributed by atoms with Crippen molar-refractivity contribution in [2.24, 2.45) is 4.99 Å². The van der Waals surface area contributed by atoms with Crippen molar-refractivity contribution in [1.82, 2.24) is 0 Å². The maximum atomic E-state index is 13.4. The van der Waals surface area contributed by atoms with E-state index in [1.165, 1.54) is 12.1 Å². The van der Waals surface area contributed by atoms with Gasteiger partial charge in [-0.1, -0.05) is 0 Å². The monoisotopic (exact) mass is 225 g/mol. The zero-order valence-electron chi connectivity index (χ0n) is 8.78. The molecular formula is C11H11F2N2O. The van der Waals surface area contributed by atoms with Gasteiger partial charge in [0.05, 0.1) is 5.69 Å². The fraction of sp³-hybridized carbons (Fsp3) is 0.364. The molecule has 1 unspecified atom stereocenters. The number of likely N-dealkylation sites (N-methyl/N-ethyl adjacent to an activating group) is 1. The summed E-state index contributed by atoms with van der Waals surface area (Å²) in [7, 11) is 1.73. The number of hydrogen-bond donors (Lipinski definition) is 0. The highest BCUT2D eigenvalue weighted by Crippen LogP contribution is 2.19. The second-order valence-electron chi connectivity index (χ2n) is 3.66. The van der Waals surface area contributed by atoms with Crippen LogP contribution in [0.15, 0.2) is 23.2 Å². The molecule has 0 fully saturated rings. The first kappa shape index (κ1) is 10.9. The van der Waals surface area contributed by atoms with Gasteiger partial charge in [0.25, 0.3) is 6.40 Å². The zero-order chi connectivity index (χ0) is 11.5. The lowest BCUT2D eigenvalue weighted by molar-refractivity contribution is 0.329. The summed E-state index contributed by atoms with van der Waals surface area (Å²) in [5.41, 5.74) is 0.350. The second kappa shape index (κ2) is 4.47. The normalized spacial score (nSPS) is 18.6. The van der Waals surface area contributed by atoms with Gasteiger partial charge in [-0.15, -0.1) is 0 Å². The van der Waals surface area contributed by atoms with Crippen LogP contribution in [0.1, 0.15) is 0 Å². The molecule has 5 heteroatoms. The Bertz CT molecular complexity index is 409. The SMILES string of the molecule is CN(CC1CO[C]=N1)c1ccc(F)cc1F. The third kappa shape index (κ3) is 2.29. The number of benzene rings is 1. The zero-order valence-corrected chi connectivity index (χ0v) is 8.78. The predicted octanol–water partition coefficient (Wildman–Crippen LogP) is 1.71. The number of rotatable bonds is 3. The van der Waals surface area contributed by atoms with Crippen LogP contribution in [0.25, 0.3) is 0 Å². The largest absolute Gasteiger partial charge is 0.472 e. The van der Waals surface area contributed by atoms with E-state index in [1.54, 1.807) is 11.9 Å². The summed E-state index contributed by atoms with van der Waals surface area (Å²) in [6.07, 6.45) is 2.40. The van der Waals surface area contributed by atoms with E-state index in [-0.39, 0.29) is 6.04 Å². The molecule has 0 spiro atoms. The Balaban J connectivity index is 2.07. The van der Waals surface area contributed by atoms with E-state index in [9.17, 15) is 8.78 Å². The molecule has 1 aliphatic rings. The van der Waals surface area contributed by atoms with Gasteiger partial charge in [-0.2, -0.15) is 0 Å². The van der Waals surface area contributed by atoms with Gasteiger partial charge in [0.1, 0.15) is 24.3 Å². The van der Waals surface area contributed by atoms with Crippen molar-refractivity contribution in [2.45, 2.75) is 6.04 Å². The first-order valence-electron chi connectivity index (χ1n) is 4.89. The van der Waals surface area contributed by atoms with Crippen LogP contribution in [0.5, 0.6) is 0 Å². The molecule has 1 aromatic carbocycles. The second-order valence-corrected chi connectivity index (χ2v) is 3.66. The highest BCUT2D eigenvalue weighted by molar-refractivity contribution is 5.50. The Kier molecular flexibility index (Phi) is 3.03. The average molecular weight is 225 g/mol. The number of hydrogen-bond acceptors (Lipinski definition) is 3. The maximum Gasteiger partial charge on any atom is 0.273 e. The Morgan fingerprint density at radius 3 is 3.00 bits per heavy atom. The van der Waals surface area contributed by atoms with Gasteiger partial charge >= 0.3 is 0 Å². The third-order valence-electron chi connectivity index (χ3n) is 2.38. The van der Waals surface area contributed by atoms with Gasteiger partial charge in [-0.3, -0.25) is 0 Å². The minimum atomic E-state index is -0.579. The van der Waals surface area contributed by atoms with E-state index in [2.05, 4.69) is 11.4 Å². The molecule has 1 atom stereocenters. The average Bonchev–Trinajstić information content (AvgIpc) is 2.70. The summed E-state index contributed by atoms with van der Waals surface area (Å²) in [5.74, 6) is -1.15. The van der Waals surface area contributed by atoms with Crippen LogP contribution in [0.3, 0.4) is 0 Å². The smallest absolute Gasteiger partial charge is 0.273 e. The Labute approximate surface area is 92.4 Å². The van der Waals surface area contributed by atoms with E-state index in [0.29, 0.717) is 18.8 Å². The molecule has 0 N–H and O–H groups in total. The maximum absolute atomic E-state index is 13.4. The molecule has 85 valence electrons. The van der Waals surface area contributed by atoms with E-state index < -0.39 is 11.6 Å². The molecule has 0 bridgehead atoms. The lowest BCUT2D eigenvalue weighted by atomic mass is 10.2. The van der Waals surface area contributed by atoms with Gasteiger partial charge in [0, 0.05) is 19.7 Å². The van der Waals surface area contributed by atoms with E-state index in [0.717, 1.165) is 6.07 Å². The predicted molar refractivity (Wildman–Crippen MR) is 56.8 cm³/mol. The van der Waals surface area contributed by atoms with Crippen LogP contribution < -0.4 is 4.90 Å². The molecule has 1 radical (unpaired) electrons. The molecule has 0 aromatic heterocycles. The molecule has 3 nitrogen and oxygen atoms in total. The number of nitrogens with zero attached hydrogens (tertiary/aromatic N) is 2. The van der Waals surface area contributed by atoms with Crippen molar-refractivity contribution in [2.75, 3.05) is 25.1 Å². The summed E-state index contributed by atoms with van der Waals surface area (Å²) >= 11 is 0. The highest BCUT2D eigenvalue weighted by Gasteiger charge is 2.17. The summed E-state index contributed by atoms with van der Waals surface area (Å²) in [4.78, 5) is 5.62. The molecular weight excluding hydrogens is 214 g/mol. The molecule has 0 saturated carbocycles. The van der Waals surface area contributed by atoms with Gasteiger partial charge in [0.15, 0.2) is 0 Å². The lowest BCUT2D eigenvalue weighted by Crippen LogP contribution is -2.29. The van der Waals surface area contributed by atoms with E-state index in [4.69, 9.17) is 4.74 Å². The molecule has 1 heterocycles. The lowest BCUT2D eigenvalue weighted by Gasteiger charge is -2.21. The number of anilines is 1. The molecule has 2 rings (SSSR count). The minimum Gasteiger partial charge on any atom is -0.472 e. The van der Waals surface area contributed by atoms with Crippen molar-refractivity contribution >= 4 is 12.1 Å². The van der Waals surface area contributed by atoms with Crippen molar-refractivity contribution in [3.05, 3.63) is 29.8 Å². The van der Waals surface area contributed by atoms with Crippen molar-refractivity contribution in [3.8, 4) is 0 Å². The van der Waals surface area contributed by atoms with Crippen LogP contribution in [0.4, 0.5) is 14.5 Å². The van der Waals surface area contributed by atoms with Crippen molar-refractivity contribution in [3.63, 3.8) is 0 Å². The third-order valence-corrected chi connectivity index (χ3v) is 2.38. The van der Waals surface area contributed by atoms with Crippen molar-refractivity contribution < 1.29 is 13.5 Å². The fourth-order valence-corrected chi connectivity index (χ4v) is 1.58. The van der Waals surface area contributed by atoms with Crippen molar-refractivity contribution in [1.29, 1.82) is 0 Å². The van der Waals surface area contributed by atoms with Crippen LogP contribution >= 0.6 is 0 Å². The molecule has 0 saturated heterocycles. The first-order valence-corrected chi connectivity index (χ1v) is 4.89. The summed E-state index contributed by atoms with van der Waals surface area (Å²) < 4.78 is 31.0. The Morgan fingerprint density at radius 1 is 1.56 bits per heavy atom. The Morgan fingerprint density at radius 2 is 2.38 bits per heavy atom. The summed E-state index contributed by atoms with van der Waals surface area (Å²) in [5, 5.41) is 0. The number of ether oxygens (including phenoxy) is 1. The molecule has 16 heavy (non-hydrogen) atoms. The number of aliphatic imine (C=N–C) groups is 1. The summed E-state index contributed by atoms with van der Waals surface area (Å²) in [6, 6.07) is 3.46. The number of halogens is 2. The van der Waals surface area contributed by atoms with Crippen LogP contribution in [0.2, 0.25) is 0 Å². The molecule has 1 aromatic rings. The fourth-order valence-electron chi connectivity index (χ4n) is 1.58. The minimum absolute atomic E-state index is 0.0468. The van der Waals surface area contributed by atoms with E-state index in [1.807, 2.05) is 0 Å². The quantitative estimate of drug-likeness (QED) is 0.782. The van der Waals surface area contributed by atoms with Crippen LogP contribution in [-0.4, -0.2) is 32.6 Å². The van der Waals surface area contributed by atoms with E-state index >= 15 is 0 Å². The van der Waals surface area contributed by atoms with Gasteiger partial charge in [-0.25, -0.2) is 13.8 Å². The highest BCUT2D eigenvalue weighted by atomic mass is 19.1. The topological polar surface area (TPSA) is 24.8 Å². The van der Waals surface area contributed by atoms with Gasteiger partial charge in [-0.05, 0) is 12.1 Å². The van der Waals surface area contributed by atoms with Crippen LogP contribution in [-0.2, 0) is 4.74 Å². The molecule has 1 aliphatic heterocycles. The van der Waals surface area contributed by atoms with Gasteiger partial charge in [0.2, 0.25) is 0 Å². The molecule has 0 amide bonds. The standard InChI is InChI=1S/C11H11F2N2O/c1-15(5-9-6-16-7-14-9)11-3-2-8(12)4-10(11)13/h2-4,9H,5-6H2,1H3. The van der Waals surface area contributed by atoms with Gasteiger partial charge < -0.3 is 9.64 Å². The Hall–Kier alpha value is -1.65. The first-order chi connectivity index (χ1) is 7.66.